The quantitative estimate of drug-likeness (QED) is 0.864. The minimum Gasteiger partial charge on any atom is -0.345 e. The Morgan fingerprint density at radius 2 is 1.84 bits per heavy atom. The first-order valence-corrected chi connectivity index (χ1v) is 6.16. The van der Waals surface area contributed by atoms with Crippen molar-refractivity contribution in [2.45, 2.75) is 6.04 Å². The van der Waals surface area contributed by atoms with Crippen LogP contribution in [0.25, 0.3) is 0 Å². The normalized spacial score (nSPS) is 16.9. The zero-order valence-electron chi connectivity index (χ0n) is 10.6. The Morgan fingerprint density at radius 1 is 1.11 bits per heavy atom. The van der Waals surface area contributed by atoms with Crippen molar-refractivity contribution in [1.82, 2.24) is 0 Å². The van der Waals surface area contributed by atoms with E-state index in [9.17, 15) is 4.79 Å². The third-order valence-electron chi connectivity index (χ3n) is 3.44. The first-order chi connectivity index (χ1) is 9.16. The lowest BCUT2D eigenvalue weighted by molar-refractivity contribution is -0.116. The van der Waals surface area contributed by atoms with Crippen LogP contribution in [0.2, 0.25) is 0 Å². The molecule has 3 N–H and O–H groups in total. The van der Waals surface area contributed by atoms with Gasteiger partial charge in [-0.05, 0) is 24.3 Å². The molecule has 1 aliphatic rings. The number of rotatable bonds is 2. The number of carbonyl (C=O) groups excluding carboxylic acids is 1. The van der Waals surface area contributed by atoms with Crippen molar-refractivity contribution in [2.75, 3.05) is 17.3 Å². The van der Waals surface area contributed by atoms with Gasteiger partial charge in [-0.1, -0.05) is 24.3 Å². The van der Waals surface area contributed by atoms with E-state index in [-0.39, 0.29) is 5.91 Å². The van der Waals surface area contributed by atoms with E-state index in [4.69, 9.17) is 5.73 Å². The van der Waals surface area contributed by atoms with Gasteiger partial charge in [-0.25, -0.2) is 0 Å². The van der Waals surface area contributed by atoms with E-state index in [2.05, 4.69) is 10.2 Å². The number of nitrogens with two attached hydrogens (primary N) is 1. The van der Waals surface area contributed by atoms with Crippen molar-refractivity contribution in [1.29, 1.82) is 0 Å². The number of para-hydroxylation sites is 1. The first kappa shape index (κ1) is 11.7. The summed E-state index contributed by atoms with van der Waals surface area (Å²) in [7, 11) is 1.99. The summed E-state index contributed by atoms with van der Waals surface area (Å²) in [6.45, 7) is 0. The Labute approximate surface area is 111 Å². The summed E-state index contributed by atoms with van der Waals surface area (Å²) < 4.78 is 0. The van der Waals surface area contributed by atoms with E-state index >= 15 is 0 Å². The highest BCUT2D eigenvalue weighted by Gasteiger charge is 2.27. The van der Waals surface area contributed by atoms with Crippen LogP contribution < -0.4 is 16.0 Å². The monoisotopic (exact) mass is 253 g/mol. The number of fused-ring (bicyclic) bond motifs is 1. The summed E-state index contributed by atoms with van der Waals surface area (Å²) in [5.74, 6) is -0.144. The van der Waals surface area contributed by atoms with Crippen molar-refractivity contribution < 1.29 is 4.79 Å². The van der Waals surface area contributed by atoms with Gasteiger partial charge in [0.15, 0.2) is 0 Å². The summed E-state index contributed by atoms with van der Waals surface area (Å²) in [4.78, 5) is 13.6. The van der Waals surface area contributed by atoms with E-state index in [0.717, 1.165) is 22.6 Å². The maximum atomic E-state index is 11.5. The highest BCUT2D eigenvalue weighted by atomic mass is 16.2. The lowest BCUT2D eigenvalue weighted by atomic mass is 10.1. The number of hydrogen-bond acceptors (Lipinski definition) is 3. The Hall–Kier alpha value is -2.33. The van der Waals surface area contributed by atoms with Crippen LogP contribution in [0.3, 0.4) is 0 Å². The maximum absolute atomic E-state index is 11.5. The number of carbonyl (C=O) groups is 1. The van der Waals surface area contributed by atoms with Crippen molar-refractivity contribution in [3.63, 3.8) is 0 Å². The fourth-order valence-corrected chi connectivity index (χ4v) is 2.28. The predicted octanol–water partition coefficient (Wildman–Crippen LogP) is 2.41. The van der Waals surface area contributed by atoms with Crippen molar-refractivity contribution in [3.05, 3.63) is 54.1 Å². The van der Waals surface area contributed by atoms with Crippen LogP contribution in [0.15, 0.2) is 48.5 Å². The average Bonchev–Trinajstić information content (AvgIpc) is 2.74. The zero-order valence-corrected chi connectivity index (χ0v) is 10.6. The standard InChI is InChI=1S/C15H15N3O/c1-18(10-5-3-2-4-6-10)11-7-8-12-13(9-11)17-15(19)14(12)16/h2-9,14H,16H2,1H3,(H,17,19). The molecule has 3 rings (SSSR count). The summed E-state index contributed by atoms with van der Waals surface area (Å²) in [6, 6.07) is 15.3. The highest BCUT2D eigenvalue weighted by Crippen LogP contribution is 2.34. The molecule has 0 bridgehead atoms. The smallest absolute Gasteiger partial charge is 0.245 e. The van der Waals surface area contributed by atoms with Crippen LogP contribution in [0.5, 0.6) is 0 Å². The van der Waals surface area contributed by atoms with Crippen LogP contribution in [0.4, 0.5) is 17.1 Å². The third-order valence-corrected chi connectivity index (χ3v) is 3.44. The van der Waals surface area contributed by atoms with Gasteiger partial charge < -0.3 is 16.0 Å². The van der Waals surface area contributed by atoms with Gasteiger partial charge in [0, 0.05) is 29.7 Å². The lowest BCUT2D eigenvalue weighted by Crippen LogP contribution is -2.19. The molecule has 1 amide bonds. The number of nitrogens with one attached hydrogen (secondary N) is 1. The molecule has 1 heterocycles. The molecule has 1 atom stereocenters. The predicted molar refractivity (Wildman–Crippen MR) is 76.5 cm³/mol. The Kier molecular flexibility index (Phi) is 2.72. The molecule has 0 aliphatic carbocycles. The molecule has 0 saturated heterocycles. The van der Waals surface area contributed by atoms with E-state index in [0.29, 0.717) is 0 Å². The molecule has 0 radical (unpaired) electrons. The average molecular weight is 253 g/mol. The molecule has 2 aromatic rings. The van der Waals surface area contributed by atoms with Crippen LogP contribution in [0, 0.1) is 0 Å². The lowest BCUT2D eigenvalue weighted by Gasteiger charge is -2.20. The van der Waals surface area contributed by atoms with Gasteiger partial charge in [0.2, 0.25) is 5.91 Å². The molecule has 1 aliphatic heterocycles. The molecular formula is C15H15N3O. The summed E-state index contributed by atoms with van der Waals surface area (Å²) in [5, 5.41) is 2.80. The van der Waals surface area contributed by atoms with Gasteiger partial charge in [0.1, 0.15) is 6.04 Å². The van der Waals surface area contributed by atoms with Gasteiger partial charge in [-0.2, -0.15) is 0 Å². The molecule has 4 nitrogen and oxygen atoms in total. The Bertz CT molecular complexity index is 625. The number of nitrogens with zero attached hydrogens (tertiary/aromatic N) is 1. The van der Waals surface area contributed by atoms with E-state index in [1.807, 2.05) is 55.6 Å². The van der Waals surface area contributed by atoms with E-state index < -0.39 is 6.04 Å². The molecule has 19 heavy (non-hydrogen) atoms. The third kappa shape index (κ3) is 1.96. The number of benzene rings is 2. The van der Waals surface area contributed by atoms with Crippen LogP contribution in [0.1, 0.15) is 11.6 Å². The Morgan fingerprint density at radius 3 is 2.58 bits per heavy atom. The SMILES string of the molecule is CN(c1ccccc1)c1ccc2c(c1)NC(=O)C2N. The zero-order chi connectivity index (χ0) is 13.4. The minimum absolute atomic E-state index is 0.144. The van der Waals surface area contributed by atoms with Crippen LogP contribution in [-0.2, 0) is 4.79 Å². The second-order valence-corrected chi connectivity index (χ2v) is 4.63. The van der Waals surface area contributed by atoms with E-state index in [1.54, 1.807) is 0 Å². The number of anilines is 3. The molecule has 0 aromatic heterocycles. The summed E-state index contributed by atoms with van der Waals surface area (Å²) in [6.07, 6.45) is 0. The molecule has 2 aromatic carbocycles. The molecule has 96 valence electrons. The molecular weight excluding hydrogens is 238 g/mol. The first-order valence-electron chi connectivity index (χ1n) is 6.16. The number of hydrogen-bond donors (Lipinski definition) is 2. The van der Waals surface area contributed by atoms with Crippen LogP contribution >= 0.6 is 0 Å². The molecule has 0 spiro atoms. The van der Waals surface area contributed by atoms with Crippen LogP contribution in [-0.4, -0.2) is 13.0 Å². The summed E-state index contributed by atoms with van der Waals surface area (Å²) >= 11 is 0. The van der Waals surface area contributed by atoms with Gasteiger partial charge >= 0.3 is 0 Å². The summed E-state index contributed by atoms with van der Waals surface area (Å²) in [5.41, 5.74) is 9.57. The molecule has 0 fully saturated rings. The van der Waals surface area contributed by atoms with Gasteiger partial charge in [-0.15, -0.1) is 0 Å². The van der Waals surface area contributed by atoms with Gasteiger partial charge in [-0.3, -0.25) is 4.79 Å². The maximum Gasteiger partial charge on any atom is 0.245 e. The highest BCUT2D eigenvalue weighted by molar-refractivity contribution is 6.03. The van der Waals surface area contributed by atoms with Crippen molar-refractivity contribution in [2.24, 2.45) is 5.73 Å². The second kappa shape index (κ2) is 4.40. The second-order valence-electron chi connectivity index (χ2n) is 4.63. The van der Waals surface area contributed by atoms with Gasteiger partial charge in [0.05, 0.1) is 0 Å². The topological polar surface area (TPSA) is 58.4 Å². The molecule has 1 unspecified atom stereocenters. The molecule has 0 saturated carbocycles. The van der Waals surface area contributed by atoms with E-state index in [1.165, 1.54) is 0 Å². The fourth-order valence-electron chi connectivity index (χ4n) is 2.28. The Balaban J connectivity index is 1.96. The van der Waals surface area contributed by atoms with Crippen molar-refractivity contribution >= 4 is 23.0 Å². The van der Waals surface area contributed by atoms with Crippen molar-refractivity contribution in [3.8, 4) is 0 Å². The van der Waals surface area contributed by atoms with Gasteiger partial charge in [0.25, 0.3) is 0 Å². The molecule has 4 heteroatoms. The largest absolute Gasteiger partial charge is 0.345 e. The minimum atomic E-state index is -0.550. The number of amides is 1. The fraction of sp³-hybridized carbons (Fsp3) is 0.133.